The fraction of sp³-hybridized carbons (Fsp3) is 0.235. The summed E-state index contributed by atoms with van der Waals surface area (Å²) < 4.78 is 6.78. The molecule has 2 amide bonds. The van der Waals surface area contributed by atoms with E-state index in [0.29, 0.717) is 11.3 Å². The van der Waals surface area contributed by atoms with E-state index in [-0.39, 0.29) is 12.4 Å². The molecule has 0 aliphatic rings. The molecule has 1 unspecified atom stereocenters. The number of hydrogen-bond acceptors (Lipinski definition) is 5. The van der Waals surface area contributed by atoms with Crippen LogP contribution in [0.1, 0.15) is 17.4 Å². The normalized spacial score (nSPS) is 12.1. The number of aromatic nitrogens is 2. The minimum atomic E-state index is -0.921. The van der Waals surface area contributed by atoms with E-state index >= 15 is 0 Å². The molecule has 8 nitrogen and oxygen atoms in total. The maximum absolute atomic E-state index is 11.8. The van der Waals surface area contributed by atoms with Gasteiger partial charge < -0.3 is 19.5 Å². The van der Waals surface area contributed by atoms with Crippen LogP contribution in [-0.4, -0.2) is 33.2 Å². The number of nitrogens with one attached hydrogen (secondary N) is 2. The van der Waals surface area contributed by atoms with E-state index in [9.17, 15) is 14.7 Å². The molecular formula is C17H18N4O4. The average molecular weight is 342 g/mol. The zero-order valence-corrected chi connectivity index (χ0v) is 13.8. The van der Waals surface area contributed by atoms with Crippen molar-refractivity contribution in [3.63, 3.8) is 0 Å². The fourth-order valence-electron chi connectivity index (χ4n) is 2.49. The van der Waals surface area contributed by atoms with Gasteiger partial charge in [0.2, 0.25) is 0 Å². The van der Waals surface area contributed by atoms with Crippen LogP contribution in [0.5, 0.6) is 0 Å². The molecule has 0 aliphatic carbocycles. The van der Waals surface area contributed by atoms with E-state index in [1.807, 2.05) is 36.0 Å². The standard InChI is InChI=1S/C17H18N4O4/c1-10-7-15(20-25-10)19-17(24)16(23)18-9-14(22)12-3-4-13-11(8-12)5-6-21(13)2/h3-8,14,22H,9H2,1-2H3,(H,18,23)(H,19,20,24). The predicted molar refractivity (Wildman–Crippen MR) is 90.8 cm³/mol. The average Bonchev–Trinajstić information content (AvgIpc) is 3.17. The smallest absolute Gasteiger partial charge is 0.314 e. The fourth-order valence-corrected chi connectivity index (χ4v) is 2.49. The Bertz CT molecular complexity index is 928. The van der Waals surface area contributed by atoms with Crippen LogP contribution in [0, 0.1) is 6.92 Å². The van der Waals surface area contributed by atoms with E-state index in [1.54, 1.807) is 13.0 Å². The van der Waals surface area contributed by atoms with Gasteiger partial charge in [0.25, 0.3) is 0 Å². The van der Waals surface area contributed by atoms with Gasteiger partial charge in [0.15, 0.2) is 5.82 Å². The maximum Gasteiger partial charge on any atom is 0.314 e. The molecule has 0 saturated carbocycles. The number of carbonyl (C=O) groups is 2. The summed E-state index contributed by atoms with van der Waals surface area (Å²) in [4.78, 5) is 23.6. The maximum atomic E-state index is 11.8. The minimum absolute atomic E-state index is 0.0809. The van der Waals surface area contributed by atoms with Crippen LogP contribution in [0.3, 0.4) is 0 Å². The Kier molecular flexibility index (Phi) is 4.53. The molecule has 25 heavy (non-hydrogen) atoms. The second-order valence-corrected chi connectivity index (χ2v) is 5.75. The number of fused-ring (bicyclic) bond motifs is 1. The van der Waals surface area contributed by atoms with E-state index < -0.39 is 17.9 Å². The molecule has 3 rings (SSSR count). The molecule has 8 heteroatoms. The van der Waals surface area contributed by atoms with Gasteiger partial charge in [0.1, 0.15) is 5.76 Å². The lowest BCUT2D eigenvalue weighted by molar-refractivity contribution is -0.136. The van der Waals surface area contributed by atoms with Gasteiger partial charge in [-0.25, -0.2) is 0 Å². The number of aryl methyl sites for hydroxylation is 2. The summed E-state index contributed by atoms with van der Waals surface area (Å²) in [5.74, 6) is -1.06. The van der Waals surface area contributed by atoms with Crippen molar-refractivity contribution in [3.05, 3.63) is 47.9 Å². The molecule has 0 spiro atoms. The van der Waals surface area contributed by atoms with Crippen molar-refractivity contribution in [2.75, 3.05) is 11.9 Å². The summed E-state index contributed by atoms with van der Waals surface area (Å²) in [5.41, 5.74) is 1.70. The first-order chi connectivity index (χ1) is 11.9. The Balaban J connectivity index is 1.57. The number of benzene rings is 1. The molecule has 1 atom stereocenters. The molecule has 0 radical (unpaired) electrons. The highest BCUT2D eigenvalue weighted by Gasteiger charge is 2.17. The molecule has 0 fully saturated rings. The van der Waals surface area contributed by atoms with Crippen molar-refractivity contribution in [2.24, 2.45) is 7.05 Å². The number of hydrogen-bond donors (Lipinski definition) is 3. The van der Waals surface area contributed by atoms with Gasteiger partial charge in [-0.1, -0.05) is 11.2 Å². The molecule has 1 aromatic carbocycles. The largest absolute Gasteiger partial charge is 0.387 e. The van der Waals surface area contributed by atoms with Gasteiger partial charge in [0, 0.05) is 31.4 Å². The summed E-state index contributed by atoms with van der Waals surface area (Å²) in [6.45, 7) is 1.59. The molecule has 3 aromatic rings. The van der Waals surface area contributed by atoms with Crippen molar-refractivity contribution in [2.45, 2.75) is 13.0 Å². The van der Waals surface area contributed by atoms with Crippen molar-refractivity contribution in [1.29, 1.82) is 0 Å². The number of aliphatic hydroxyl groups is 1. The highest BCUT2D eigenvalue weighted by Crippen LogP contribution is 2.20. The van der Waals surface area contributed by atoms with E-state index in [0.717, 1.165) is 10.9 Å². The van der Waals surface area contributed by atoms with Gasteiger partial charge in [-0.3, -0.25) is 14.9 Å². The minimum Gasteiger partial charge on any atom is -0.387 e. The van der Waals surface area contributed by atoms with Crippen LogP contribution in [0.25, 0.3) is 10.9 Å². The van der Waals surface area contributed by atoms with E-state index in [1.165, 1.54) is 6.07 Å². The lowest BCUT2D eigenvalue weighted by Crippen LogP contribution is -2.37. The topological polar surface area (TPSA) is 109 Å². The summed E-state index contributed by atoms with van der Waals surface area (Å²) in [6.07, 6.45) is 1.01. The third-order valence-electron chi connectivity index (χ3n) is 3.83. The summed E-state index contributed by atoms with van der Waals surface area (Å²) in [7, 11) is 1.94. The second-order valence-electron chi connectivity index (χ2n) is 5.75. The molecule has 0 saturated heterocycles. The number of amides is 2. The van der Waals surface area contributed by atoms with Gasteiger partial charge in [-0.15, -0.1) is 0 Å². The SMILES string of the molecule is Cc1cc(NC(=O)C(=O)NCC(O)c2ccc3c(ccn3C)c2)no1. The first-order valence-corrected chi connectivity index (χ1v) is 7.69. The summed E-state index contributed by atoms with van der Waals surface area (Å²) >= 11 is 0. The van der Waals surface area contributed by atoms with E-state index in [2.05, 4.69) is 15.8 Å². The Labute approximate surface area is 143 Å². The lowest BCUT2D eigenvalue weighted by atomic mass is 10.1. The Hall–Kier alpha value is -3.13. The Morgan fingerprint density at radius 2 is 2.08 bits per heavy atom. The highest BCUT2D eigenvalue weighted by atomic mass is 16.5. The zero-order chi connectivity index (χ0) is 18.0. The molecule has 2 heterocycles. The molecule has 130 valence electrons. The number of nitrogens with zero attached hydrogens (tertiary/aromatic N) is 2. The zero-order valence-electron chi connectivity index (χ0n) is 13.8. The van der Waals surface area contributed by atoms with Crippen LogP contribution >= 0.6 is 0 Å². The first-order valence-electron chi connectivity index (χ1n) is 7.69. The quantitative estimate of drug-likeness (QED) is 0.619. The number of anilines is 1. The van der Waals surface area contributed by atoms with Crippen molar-refractivity contribution in [3.8, 4) is 0 Å². The second kappa shape index (κ2) is 6.78. The number of rotatable bonds is 4. The lowest BCUT2D eigenvalue weighted by Gasteiger charge is -2.12. The molecule has 0 bridgehead atoms. The van der Waals surface area contributed by atoms with Crippen LogP contribution in [0.15, 0.2) is 41.1 Å². The molecule has 3 N–H and O–H groups in total. The molecule has 2 aromatic heterocycles. The predicted octanol–water partition coefficient (Wildman–Crippen LogP) is 1.26. The third kappa shape index (κ3) is 3.69. The van der Waals surface area contributed by atoms with E-state index in [4.69, 9.17) is 4.52 Å². The highest BCUT2D eigenvalue weighted by molar-refractivity contribution is 6.39. The Morgan fingerprint density at radius 1 is 1.28 bits per heavy atom. The van der Waals surface area contributed by atoms with Gasteiger partial charge in [0.05, 0.1) is 6.10 Å². The summed E-state index contributed by atoms with van der Waals surface area (Å²) in [6, 6.07) is 8.98. The van der Waals surface area contributed by atoms with Gasteiger partial charge >= 0.3 is 11.8 Å². The Morgan fingerprint density at radius 3 is 2.80 bits per heavy atom. The van der Waals surface area contributed by atoms with Crippen molar-refractivity contribution in [1.82, 2.24) is 15.0 Å². The first kappa shape index (κ1) is 16.7. The van der Waals surface area contributed by atoms with Crippen LogP contribution in [0.4, 0.5) is 5.82 Å². The molecule has 0 aliphatic heterocycles. The van der Waals surface area contributed by atoms with Crippen LogP contribution < -0.4 is 10.6 Å². The number of aliphatic hydroxyl groups excluding tert-OH is 1. The van der Waals surface area contributed by atoms with Crippen molar-refractivity contribution < 1.29 is 19.2 Å². The monoisotopic (exact) mass is 342 g/mol. The molecular weight excluding hydrogens is 324 g/mol. The van der Waals surface area contributed by atoms with Crippen LogP contribution in [-0.2, 0) is 16.6 Å². The van der Waals surface area contributed by atoms with Gasteiger partial charge in [-0.2, -0.15) is 0 Å². The van der Waals surface area contributed by atoms with Crippen molar-refractivity contribution >= 4 is 28.5 Å². The van der Waals surface area contributed by atoms with Crippen LogP contribution in [0.2, 0.25) is 0 Å². The number of carbonyl (C=O) groups excluding carboxylic acids is 2. The third-order valence-corrected chi connectivity index (χ3v) is 3.83. The van der Waals surface area contributed by atoms with Gasteiger partial charge in [-0.05, 0) is 36.1 Å². The summed E-state index contributed by atoms with van der Waals surface area (Å²) in [5, 5.41) is 19.5.